The van der Waals surface area contributed by atoms with Crippen LogP contribution in [0.25, 0.3) is 74.9 Å². The number of ether oxygens (including phenoxy) is 1. The Balaban J connectivity index is 0.000000114. The maximum absolute atomic E-state index is 13.5. The molecule has 4 fully saturated rings. The number of benzene rings is 5. The van der Waals surface area contributed by atoms with Gasteiger partial charge in [-0.1, -0.05) is 80.6 Å². The molecule has 0 spiro atoms. The van der Waals surface area contributed by atoms with Crippen molar-refractivity contribution < 1.29 is 14.2 Å². The lowest BCUT2D eigenvalue weighted by molar-refractivity contribution is 0.0381. The molecule has 12 aromatic rings. The molecule has 612 valence electrons. The van der Waals surface area contributed by atoms with Gasteiger partial charge in [-0.3, -0.25) is 44.5 Å². The molecule has 25 heteroatoms. The summed E-state index contributed by atoms with van der Waals surface area (Å²) >= 11 is 0. The molecule has 5 aromatic carbocycles. The normalized spacial score (nSPS) is 20.0. The van der Waals surface area contributed by atoms with E-state index in [-0.39, 0.29) is 23.7 Å². The summed E-state index contributed by atoms with van der Waals surface area (Å²) in [5.41, 5.74) is 51.2. The topological polar surface area (TPSA) is 273 Å². The van der Waals surface area contributed by atoms with E-state index in [9.17, 15) is 20.6 Å². The van der Waals surface area contributed by atoms with Crippen molar-refractivity contribution in [1.29, 1.82) is 0 Å². The van der Waals surface area contributed by atoms with Crippen LogP contribution in [0.2, 0.25) is 0 Å². The van der Waals surface area contributed by atoms with E-state index in [0.29, 0.717) is 68.2 Å². The zero-order valence-electron chi connectivity index (χ0n) is 69.3. The first kappa shape index (κ1) is 80.2. The highest BCUT2D eigenvalue weighted by Gasteiger charge is 2.42. The van der Waals surface area contributed by atoms with E-state index in [1.807, 2.05) is 26.2 Å². The molecule has 7 aromatic heterocycles. The molecule has 4 saturated heterocycles. The highest BCUT2D eigenvalue weighted by atomic mass is 19.1. The number of azide groups is 3. The fraction of sp³-hybridized carbons (Fsp3) is 0.436. The van der Waals surface area contributed by atoms with Crippen LogP contribution >= 0.6 is 0 Å². The summed E-state index contributed by atoms with van der Waals surface area (Å²) in [6.45, 7) is 28.4. The van der Waals surface area contributed by atoms with E-state index in [0.717, 1.165) is 76.0 Å². The van der Waals surface area contributed by atoms with E-state index in [1.165, 1.54) is 195 Å². The lowest BCUT2D eigenvalue weighted by Gasteiger charge is -2.32. The Hall–Kier alpha value is -11.2. The van der Waals surface area contributed by atoms with Gasteiger partial charge in [-0.05, 0) is 248 Å². The number of nitrogens with zero attached hydrogens (tertiary/aromatic N) is 22. The molecule has 8 aliphatic heterocycles. The van der Waals surface area contributed by atoms with Crippen LogP contribution in [0.15, 0.2) is 186 Å². The van der Waals surface area contributed by atoms with Crippen LogP contribution in [-0.2, 0) is 67.7 Å². The highest BCUT2D eigenvalue weighted by molar-refractivity contribution is 5.90. The van der Waals surface area contributed by atoms with Crippen LogP contribution in [0.3, 0.4) is 0 Å². The molecule has 20 rings (SSSR count). The van der Waals surface area contributed by atoms with Gasteiger partial charge in [0.05, 0.1) is 35.3 Å². The van der Waals surface area contributed by atoms with E-state index in [4.69, 9.17) is 10.3 Å². The number of allylic oxidation sites excluding steroid dienone is 1. The van der Waals surface area contributed by atoms with Gasteiger partial charge < -0.3 is 28.1 Å². The van der Waals surface area contributed by atoms with Crippen molar-refractivity contribution >= 4 is 43.6 Å². The predicted molar refractivity (Wildman–Crippen MR) is 465 cm³/mol. The number of aliphatic hydroxyl groups excluding tert-OH is 1. The fourth-order valence-corrected chi connectivity index (χ4v) is 21.2. The number of aromatic nitrogens is 9. The maximum Gasteiger partial charge on any atom is 0.123 e. The number of halogens is 1. The third-order valence-electron chi connectivity index (χ3n) is 26.7. The van der Waals surface area contributed by atoms with E-state index >= 15 is 0 Å². The molecule has 0 saturated carbocycles. The summed E-state index contributed by atoms with van der Waals surface area (Å²) in [5, 5.41) is 27.3. The number of pyridine rings is 1. The minimum Gasteiger partial charge on any atom is -0.513 e. The number of aryl methyl sites for hydroxylation is 4. The number of hydrogen-bond acceptors (Lipinski definition) is 14. The largest absolute Gasteiger partial charge is 0.513 e. The molecule has 8 unspecified atom stereocenters. The minimum absolute atomic E-state index is 0.0624. The third kappa shape index (κ3) is 16.0. The molecule has 0 aliphatic carbocycles. The van der Waals surface area contributed by atoms with Crippen molar-refractivity contribution in [2.45, 2.75) is 205 Å². The van der Waals surface area contributed by atoms with Crippen LogP contribution in [0.4, 0.5) is 4.39 Å². The van der Waals surface area contributed by atoms with Crippen LogP contribution < -0.4 is 0 Å². The van der Waals surface area contributed by atoms with Gasteiger partial charge in [-0.25, -0.2) is 4.39 Å². The van der Waals surface area contributed by atoms with Crippen LogP contribution in [-0.4, -0.2) is 127 Å². The van der Waals surface area contributed by atoms with Crippen molar-refractivity contribution in [2.75, 3.05) is 59.0 Å². The minimum atomic E-state index is -0.806. The molecule has 119 heavy (non-hydrogen) atoms. The van der Waals surface area contributed by atoms with Crippen LogP contribution in [0.1, 0.15) is 204 Å². The van der Waals surface area contributed by atoms with E-state index < -0.39 is 11.1 Å². The quantitative estimate of drug-likeness (QED) is 0.0246. The second kappa shape index (κ2) is 34.6. The summed E-state index contributed by atoms with van der Waals surface area (Å²) in [6, 6.07) is 39.1. The summed E-state index contributed by atoms with van der Waals surface area (Å²) < 4.78 is 29.5. The summed E-state index contributed by atoms with van der Waals surface area (Å²) in [5.74, 6) is -0.0707. The molecule has 1 N–H and O–H groups in total. The molecular weight excluding hydrogens is 1490 g/mol. The monoisotopic (exact) mass is 1590 g/mol. The molecule has 0 amide bonds. The first-order chi connectivity index (χ1) is 58.0. The SMILES string of the molecule is C=C(O)CCCOC(Cn1c2c(c3cc(C)ccc31)C1CCCN1CC2)c1ccncc1.Cc1ccc2c(c1)c1c(n2CC(C)(N=[N+]=[N-])c2ccc(F)cc2)CCN2CCCC12.Cc1ccc2c(c1)c1c(n2CC(C)(N=[N+]=[N-])c2cnccn2)CCN2CCCC12.Cc1ccc2c(c1)c1c(n2CC(N=[N+]=[N-])c2cnccn2)CCN2CCCC12. The first-order valence-corrected chi connectivity index (χ1v) is 42.7. The van der Waals surface area contributed by atoms with Gasteiger partial charge in [0.15, 0.2) is 0 Å². The molecule has 24 nitrogen and oxygen atoms in total. The summed E-state index contributed by atoms with van der Waals surface area (Å²) in [6.07, 6.45) is 29.0. The zero-order chi connectivity index (χ0) is 82.1. The molecule has 8 atom stereocenters. The highest BCUT2D eigenvalue weighted by Crippen LogP contribution is 2.50. The van der Waals surface area contributed by atoms with E-state index in [1.54, 1.807) is 54.9 Å². The lowest BCUT2D eigenvalue weighted by atomic mass is 9.92. The van der Waals surface area contributed by atoms with Crippen molar-refractivity contribution in [3.05, 3.63) is 298 Å². The third-order valence-corrected chi connectivity index (χ3v) is 26.7. The average molecular weight is 1600 g/mol. The molecule has 15 heterocycles. The summed E-state index contributed by atoms with van der Waals surface area (Å²) in [7, 11) is 0. The standard InChI is InChI=1S/C27H33N3O2.C24H26FN5.C22H25N7.C21H23N7/c1-19-7-8-23-22(17-19)27-24-6-3-14-29(24)15-11-25(27)30(23)18-26(21-9-12-28-13-10-21)32-16-4-5-20(2)31;1-16-5-10-20-19(14-16)23-21-4-3-12-29(21)13-11-22(23)30(20)15-24(2,27-28-26)17-6-8-18(25)9-7-17;1-15-5-6-17-16(12-15)21-18-4-3-10-28(18)11-7-19(21)29(17)14-22(2,26-27-23)20-13-24-8-9-25-20;1-14-4-5-18-15(11-14)21-19-3-2-9-27(19)10-6-20(21)28(18)13-17(25-26-22)16-12-23-7-8-24-16/h7-10,12-13,17,24,26,31H,2-6,11,14-16,18H2,1H3;5-10,14,21H,3-4,11-13,15H2,1-2H3;5-6,8-9,12-13,18H,3-4,7,10-11,14H2,1-2H3;4-5,7-8,11-12,17,19H,2-3,6,9-10,13H2,1H3. The summed E-state index contributed by atoms with van der Waals surface area (Å²) in [4.78, 5) is 41.4. The Labute approximate surface area is 694 Å². The van der Waals surface area contributed by atoms with Crippen molar-refractivity contribution in [3.8, 4) is 0 Å². The van der Waals surface area contributed by atoms with Crippen molar-refractivity contribution in [2.24, 2.45) is 15.3 Å². The molecule has 8 aliphatic rings. The van der Waals surface area contributed by atoms with Crippen molar-refractivity contribution in [3.63, 3.8) is 0 Å². The van der Waals surface area contributed by atoms with E-state index in [2.05, 4.69) is 212 Å². The zero-order valence-corrected chi connectivity index (χ0v) is 69.3. The Morgan fingerprint density at radius 2 is 0.924 bits per heavy atom. The fourth-order valence-electron chi connectivity index (χ4n) is 21.2. The Morgan fingerprint density at radius 3 is 1.34 bits per heavy atom. The first-order valence-electron chi connectivity index (χ1n) is 42.7. The van der Waals surface area contributed by atoms with Crippen LogP contribution in [0, 0.1) is 33.5 Å². The number of fused-ring (bicyclic) bond motifs is 20. The Morgan fingerprint density at radius 1 is 0.504 bits per heavy atom. The smallest absolute Gasteiger partial charge is 0.123 e. The lowest BCUT2D eigenvalue weighted by Crippen LogP contribution is -2.33. The average Bonchev–Trinajstić information content (AvgIpc) is 1.60. The van der Waals surface area contributed by atoms with Gasteiger partial charge in [0, 0.05) is 239 Å². The van der Waals surface area contributed by atoms with Crippen LogP contribution in [0.5, 0.6) is 0 Å². The Kier molecular flexibility index (Phi) is 23.3. The number of aliphatic hydroxyl groups is 1. The van der Waals surface area contributed by atoms with Gasteiger partial charge in [-0.2, -0.15) is 0 Å². The number of hydrogen-bond donors (Lipinski definition) is 1. The second-order valence-corrected chi connectivity index (χ2v) is 34.4. The van der Waals surface area contributed by atoms with Gasteiger partial charge in [0.1, 0.15) is 17.5 Å². The second-order valence-electron chi connectivity index (χ2n) is 34.4. The molecule has 0 bridgehead atoms. The number of rotatable bonds is 20. The Bertz CT molecular complexity index is 5880. The molecule has 0 radical (unpaired) electrons. The predicted octanol–water partition coefficient (Wildman–Crippen LogP) is 20.8. The van der Waals surface area contributed by atoms with Gasteiger partial charge >= 0.3 is 0 Å². The van der Waals surface area contributed by atoms with Gasteiger partial charge in [0.25, 0.3) is 0 Å². The van der Waals surface area contributed by atoms with Gasteiger partial charge in [-0.15, -0.1) is 0 Å². The molecular formula is C94H107FN22O2. The van der Waals surface area contributed by atoms with Crippen molar-refractivity contribution in [1.82, 2.24) is 62.8 Å². The maximum atomic E-state index is 13.5. The van der Waals surface area contributed by atoms with Gasteiger partial charge in [0.2, 0.25) is 0 Å².